The molecule has 2 heterocycles. The highest BCUT2D eigenvalue weighted by Gasteiger charge is 2.08. The third kappa shape index (κ3) is 4.28. The summed E-state index contributed by atoms with van der Waals surface area (Å²) in [5.41, 5.74) is 2.60. The molecule has 0 spiro atoms. The number of methoxy groups -OCH3 is 1. The lowest BCUT2D eigenvalue weighted by Gasteiger charge is -2.10. The number of nitrogens with zero attached hydrogens (tertiary/aromatic N) is 2. The highest BCUT2D eigenvalue weighted by molar-refractivity contribution is 6.29. The van der Waals surface area contributed by atoms with Gasteiger partial charge in [-0.3, -0.25) is 4.79 Å². The molecule has 0 bridgehead atoms. The quantitative estimate of drug-likeness (QED) is 0.442. The van der Waals surface area contributed by atoms with Crippen LogP contribution in [0, 0.1) is 0 Å². The molecule has 144 valence electrons. The summed E-state index contributed by atoms with van der Waals surface area (Å²) in [5, 5.41) is 7.28. The summed E-state index contributed by atoms with van der Waals surface area (Å²) in [4.78, 5) is 20.9. The number of hydrogen-bond acceptors (Lipinski definition) is 5. The van der Waals surface area contributed by atoms with Crippen molar-refractivity contribution in [2.24, 2.45) is 0 Å². The number of nitrogens with one attached hydrogen (secondary N) is 2. The van der Waals surface area contributed by atoms with E-state index in [1.807, 2.05) is 42.5 Å². The molecule has 0 atom stereocenters. The van der Waals surface area contributed by atoms with Crippen molar-refractivity contribution in [1.82, 2.24) is 9.97 Å². The second-order valence-corrected chi connectivity index (χ2v) is 6.61. The summed E-state index contributed by atoms with van der Waals surface area (Å²) >= 11 is 5.83. The van der Waals surface area contributed by atoms with E-state index in [0.29, 0.717) is 11.5 Å². The van der Waals surface area contributed by atoms with Gasteiger partial charge >= 0.3 is 0 Å². The monoisotopic (exact) mass is 404 g/mol. The number of ether oxygens (including phenoxy) is 1. The standard InChI is InChI=1S/C22H17ClN4O2/c1-29-19-6-2-4-17-16(19)12-13-21(27-17)24-14-8-10-15(11-9-14)25-22(28)18-5-3-7-20(23)26-18/h2-13H,1H3,(H,24,27)(H,25,28). The Morgan fingerprint density at radius 3 is 2.41 bits per heavy atom. The van der Waals surface area contributed by atoms with Crippen LogP contribution in [-0.4, -0.2) is 23.0 Å². The highest BCUT2D eigenvalue weighted by Crippen LogP contribution is 2.26. The van der Waals surface area contributed by atoms with Crippen LogP contribution >= 0.6 is 11.6 Å². The molecular weight excluding hydrogens is 388 g/mol. The molecule has 0 saturated carbocycles. The molecule has 4 rings (SSSR count). The number of anilines is 3. The van der Waals surface area contributed by atoms with Gasteiger partial charge in [0.25, 0.3) is 5.91 Å². The van der Waals surface area contributed by atoms with Crippen molar-refractivity contribution in [3.8, 4) is 5.75 Å². The summed E-state index contributed by atoms with van der Waals surface area (Å²) in [7, 11) is 1.64. The van der Waals surface area contributed by atoms with Gasteiger partial charge in [-0.1, -0.05) is 23.7 Å². The average molecular weight is 405 g/mol. The number of aromatic nitrogens is 2. The number of carbonyl (C=O) groups excluding carboxylic acids is 1. The number of halogens is 1. The van der Waals surface area contributed by atoms with Crippen molar-refractivity contribution in [3.63, 3.8) is 0 Å². The SMILES string of the molecule is COc1cccc2nc(Nc3ccc(NC(=O)c4cccc(Cl)n4)cc3)ccc12. The molecule has 0 aliphatic heterocycles. The van der Waals surface area contributed by atoms with Gasteiger partial charge in [0.2, 0.25) is 0 Å². The van der Waals surface area contributed by atoms with E-state index in [2.05, 4.69) is 20.6 Å². The van der Waals surface area contributed by atoms with Gasteiger partial charge in [0.15, 0.2) is 0 Å². The molecule has 0 saturated heterocycles. The molecule has 0 aliphatic carbocycles. The fourth-order valence-electron chi connectivity index (χ4n) is 2.89. The Bertz CT molecular complexity index is 1180. The first kappa shape index (κ1) is 18.7. The minimum absolute atomic E-state index is 0.260. The fraction of sp³-hybridized carbons (Fsp3) is 0.0455. The Morgan fingerprint density at radius 1 is 0.897 bits per heavy atom. The van der Waals surface area contributed by atoms with E-state index in [9.17, 15) is 4.79 Å². The summed E-state index contributed by atoms with van der Waals surface area (Å²) < 4.78 is 5.36. The van der Waals surface area contributed by atoms with Gasteiger partial charge in [-0.25, -0.2) is 9.97 Å². The number of hydrogen-bond donors (Lipinski definition) is 2. The van der Waals surface area contributed by atoms with Gasteiger partial charge in [0.05, 0.1) is 12.6 Å². The lowest BCUT2D eigenvalue weighted by atomic mass is 10.2. The Labute approximate surface area is 172 Å². The van der Waals surface area contributed by atoms with Crippen LogP contribution in [0.1, 0.15) is 10.5 Å². The Morgan fingerprint density at radius 2 is 1.66 bits per heavy atom. The van der Waals surface area contributed by atoms with Gasteiger partial charge in [-0.05, 0) is 60.7 Å². The zero-order valence-electron chi connectivity index (χ0n) is 15.5. The van der Waals surface area contributed by atoms with Crippen molar-refractivity contribution in [1.29, 1.82) is 0 Å². The maximum Gasteiger partial charge on any atom is 0.274 e. The summed E-state index contributed by atoms with van der Waals surface area (Å²) in [6.07, 6.45) is 0. The van der Waals surface area contributed by atoms with Crippen LogP contribution in [0.2, 0.25) is 5.15 Å². The minimum atomic E-state index is -0.321. The van der Waals surface area contributed by atoms with Crippen LogP contribution in [-0.2, 0) is 0 Å². The number of rotatable bonds is 5. The fourth-order valence-corrected chi connectivity index (χ4v) is 3.05. The van der Waals surface area contributed by atoms with Crippen LogP contribution in [0.25, 0.3) is 10.9 Å². The van der Waals surface area contributed by atoms with Gasteiger partial charge in [-0.15, -0.1) is 0 Å². The zero-order valence-corrected chi connectivity index (χ0v) is 16.3. The smallest absolute Gasteiger partial charge is 0.274 e. The van der Waals surface area contributed by atoms with Crippen molar-refractivity contribution < 1.29 is 9.53 Å². The Hall–Kier alpha value is -3.64. The van der Waals surface area contributed by atoms with E-state index in [1.54, 1.807) is 37.4 Å². The molecule has 0 aliphatic rings. The summed E-state index contributed by atoms with van der Waals surface area (Å²) in [6.45, 7) is 0. The molecule has 4 aromatic rings. The number of carbonyl (C=O) groups is 1. The number of pyridine rings is 2. The summed E-state index contributed by atoms with van der Waals surface area (Å²) in [6, 6.07) is 21.8. The predicted octanol–water partition coefficient (Wildman–Crippen LogP) is 5.29. The lowest BCUT2D eigenvalue weighted by Crippen LogP contribution is -2.13. The molecule has 2 N–H and O–H groups in total. The number of benzene rings is 2. The third-order valence-corrected chi connectivity index (χ3v) is 4.49. The first-order valence-corrected chi connectivity index (χ1v) is 9.25. The van der Waals surface area contributed by atoms with Gasteiger partial charge in [0.1, 0.15) is 22.4 Å². The molecule has 0 unspecified atom stereocenters. The van der Waals surface area contributed by atoms with Gasteiger partial charge < -0.3 is 15.4 Å². The van der Waals surface area contributed by atoms with E-state index >= 15 is 0 Å². The zero-order chi connectivity index (χ0) is 20.2. The predicted molar refractivity (Wildman–Crippen MR) is 115 cm³/mol. The first-order valence-electron chi connectivity index (χ1n) is 8.87. The van der Waals surface area contributed by atoms with Crippen molar-refractivity contribution in [2.45, 2.75) is 0 Å². The largest absolute Gasteiger partial charge is 0.496 e. The van der Waals surface area contributed by atoms with E-state index in [0.717, 1.165) is 22.3 Å². The highest BCUT2D eigenvalue weighted by atomic mass is 35.5. The Kier molecular flexibility index (Phi) is 5.27. The van der Waals surface area contributed by atoms with Crippen molar-refractivity contribution >= 4 is 45.6 Å². The molecule has 7 heteroatoms. The molecule has 2 aromatic heterocycles. The van der Waals surface area contributed by atoms with E-state index in [-0.39, 0.29) is 16.8 Å². The van der Waals surface area contributed by atoms with Crippen molar-refractivity contribution in [2.75, 3.05) is 17.7 Å². The van der Waals surface area contributed by atoms with Gasteiger partial charge in [0, 0.05) is 16.8 Å². The Balaban J connectivity index is 1.47. The maximum atomic E-state index is 12.3. The number of amides is 1. The molecule has 6 nitrogen and oxygen atoms in total. The van der Waals surface area contributed by atoms with Crippen LogP contribution in [0.5, 0.6) is 5.75 Å². The molecule has 0 fully saturated rings. The molecular formula is C22H17ClN4O2. The molecule has 1 amide bonds. The van der Waals surface area contributed by atoms with Gasteiger partial charge in [-0.2, -0.15) is 0 Å². The van der Waals surface area contributed by atoms with Crippen LogP contribution < -0.4 is 15.4 Å². The van der Waals surface area contributed by atoms with E-state index in [4.69, 9.17) is 16.3 Å². The third-order valence-electron chi connectivity index (χ3n) is 4.27. The second-order valence-electron chi connectivity index (χ2n) is 6.23. The van der Waals surface area contributed by atoms with Crippen LogP contribution in [0.3, 0.4) is 0 Å². The van der Waals surface area contributed by atoms with Crippen LogP contribution in [0.4, 0.5) is 17.2 Å². The minimum Gasteiger partial charge on any atom is -0.496 e. The van der Waals surface area contributed by atoms with Crippen molar-refractivity contribution in [3.05, 3.63) is 83.6 Å². The van der Waals surface area contributed by atoms with Crippen LogP contribution in [0.15, 0.2) is 72.8 Å². The topological polar surface area (TPSA) is 76.1 Å². The summed E-state index contributed by atoms with van der Waals surface area (Å²) in [5.74, 6) is 1.18. The molecule has 2 aromatic carbocycles. The normalized spacial score (nSPS) is 10.6. The lowest BCUT2D eigenvalue weighted by molar-refractivity contribution is 0.102. The second kappa shape index (κ2) is 8.16. The average Bonchev–Trinajstić information content (AvgIpc) is 2.74. The maximum absolute atomic E-state index is 12.3. The number of fused-ring (bicyclic) bond motifs is 1. The van der Waals surface area contributed by atoms with E-state index in [1.165, 1.54) is 0 Å². The molecule has 0 radical (unpaired) electrons. The van der Waals surface area contributed by atoms with E-state index < -0.39 is 0 Å². The first-order chi connectivity index (χ1) is 14.1. The molecule has 29 heavy (non-hydrogen) atoms.